The number of hydrogen-bond donors (Lipinski definition) is 0. The molecule has 4 heteroatoms. The van der Waals surface area contributed by atoms with Crippen LogP contribution in [0.1, 0.15) is 57.8 Å². The van der Waals surface area contributed by atoms with Crippen LogP contribution in [0.25, 0.3) is 0 Å². The van der Waals surface area contributed by atoms with Crippen LogP contribution in [0.3, 0.4) is 0 Å². The molecule has 3 saturated heterocycles. The summed E-state index contributed by atoms with van der Waals surface area (Å²) < 4.78 is 5.43. The van der Waals surface area contributed by atoms with Gasteiger partial charge in [0.1, 0.15) is 0 Å². The molecule has 2 atom stereocenters. The molecule has 4 rings (SSSR count). The van der Waals surface area contributed by atoms with E-state index in [1.54, 1.807) is 0 Å². The minimum absolute atomic E-state index is 0.419. The van der Waals surface area contributed by atoms with Crippen molar-refractivity contribution < 1.29 is 9.53 Å². The summed E-state index contributed by atoms with van der Waals surface area (Å²) in [6, 6.07) is 0. The van der Waals surface area contributed by atoms with Crippen molar-refractivity contribution in [3.05, 3.63) is 0 Å². The Morgan fingerprint density at radius 2 is 1.48 bits per heavy atom. The van der Waals surface area contributed by atoms with E-state index in [1.165, 1.54) is 58.2 Å². The highest BCUT2D eigenvalue weighted by Gasteiger charge is 2.37. The summed E-state index contributed by atoms with van der Waals surface area (Å²) in [7, 11) is 0. The van der Waals surface area contributed by atoms with Gasteiger partial charge in [0.2, 0.25) is 5.91 Å². The zero-order chi connectivity index (χ0) is 17.1. The lowest BCUT2D eigenvalue weighted by molar-refractivity contribution is -0.132. The van der Waals surface area contributed by atoms with Crippen LogP contribution in [-0.2, 0) is 9.53 Å². The smallest absolute Gasteiger partial charge is 0.222 e. The Bertz CT molecular complexity index is 427. The molecule has 0 bridgehead atoms. The molecule has 4 fully saturated rings. The normalized spacial score (nSPS) is 32.7. The highest BCUT2D eigenvalue weighted by molar-refractivity contribution is 5.76. The minimum Gasteiger partial charge on any atom is -0.381 e. The molecule has 0 unspecified atom stereocenters. The molecule has 142 valence electrons. The molecular formula is C21H36N2O2. The van der Waals surface area contributed by atoms with Gasteiger partial charge in [-0.3, -0.25) is 4.79 Å². The zero-order valence-electron chi connectivity index (χ0n) is 15.8. The van der Waals surface area contributed by atoms with E-state index < -0.39 is 0 Å². The number of amides is 1. The largest absolute Gasteiger partial charge is 0.381 e. The maximum atomic E-state index is 12.7. The molecule has 1 amide bonds. The van der Waals surface area contributed by atoms with E-state index in [-0.39, 0.29) is 0 Å². The first-order chi connectivity index (χ1) is 12.3. The topological polar surface area (TPSA) is 32.8 Å². The van der Waals surface area contributed by atoms with E-state index >= 15 is 0 Å². The van der Waals surface area contributed by atoms with Crippen molar-refractivity contribution >= 4 is 5.91 Å². The molecule has 0 aromatic carbocycles. The van der Waals surface area contributed by atoms with Crippen LogP contribution in [0.4, 0.5) is 0 Å². The molecule has 3 heterocycles. The summed E-state index contributed by atoms with van der Waals surface area (Å²) in [6.45, 7) is 7.62. The lowest BCUT2D eigenvalue weighted by atomic mass is 9.92. The maximum absolute atomic E-state index is 12.7. The first kappa shape index (κ1) is 17.8. The van der Waals surface area contributed by atoms with Gasteiger partial charge < -0.3 is 14.5 Å². The fourth-order valence-electron chi connectivity index (χ4n) is 5.67. The SMILES string of the molecule is O=C(CC1CCOCC1)N1C[C@H]2CCN(CC3CCCC3)CC[C@H]2C1. The van der Waals surface area contributed by atoms with Gasteiger partial charge in [-0.15, -0.1) is 0 Å². The highest BCUT2D eigenvalue weighted by Crippen LogP contribution is 2.34. The van der Waals surface area contributed by atoms with Gasteiger partial charge >= 0.3 is 0 Å². The second-order valence-corrected chi connectivity index (χ2v) is 9.11. The third-order valence-electron chi connectivity index (χ3n) is 7.36. The van der Waals surface area contributed by atoms with Gasteiger partial charge in [-0.2, -0.15) is 0 Å². The molecule has 1 aliphatic carbocycles. The number of carbonyl (C=O) groups excluding carboxylic acids is 1. The average Bonchev–Trinajstić information content (AvgIpc) is 3.24. The molecule has 3 aliphatic heterocycles. The maximum Gasteiger partial charge on any atom is 0.222 e. The van der Waals surface area contributed by atoms with Gasteiger partial charge in [0, 0.05) is 39.3 Å². The molecule has 0 N–H and O–H groups in total. The Morgan fingerprint density at radius 1 is 0.840 bits per heavy atom. The van der Waals surface area contributed by atoms with Crippen LogP contribution in [0, 0.1) is 23.7 Å². The van der Waals surface area contributed by atoms with Gasteiger partial charge in [0.25, 0.3) is 0 Å². The highest BCUT2D eigenvalue weighted by atomic mass is 16.5. The van der Waals surface area contributed by atoms with Crippen molar-refractivity contribution in [3.8, 4) is 0 Å². The Labute approximate surface area is 153 Å². The van der Waals surface area contributed by atoms with Crippen LogP contribution in [0.5, 0.6) is 0 Å². The number of carbonyl (C=O) groups is 1. The molecule has 0 radical (unpaired) electrons. The van der Waals surface area contributed by atoms with Crippen LogP contribution in [0.2, 0.25) is 0 Å². The summed E-state index contributed by atoms with van der Waals surface area (Å²) in [5.74, 6) is 3.46. The van der Waals surface area contributed by atoms with Crippen LogP contribution < -0.4 is 0 Å². The number of hydrogen-bond acceptors (Lipinski definition) is 3. The third-order valence-corrected chi connectivity index (χ3v) is 7.36. The number of nitrogens with zero attached hydrogens (tertiary/aromatic N) is 2. The van der Waals surface area contributed by atoms with E-state index in [1.807, 2.05) is 0 Å². The molecule has 4 aliphatic rings. The molecule has 0 spiro atoms. The standard InChI is InChI=1S/C21H36N2O2/c24-21(13-17-7-11-25-12-8-17)23-15-19-5-9-22(10-6-20(19)16-23)14-18-3-1-2-4-18/h17-20H,1-16H2/t19-,20+. The molecule has 0 aromatic heterocycles. The Hall–Kier alpha value is -0.610. The summed E-state index contributed by atoms with van der Waals surface area (Å²) in [4.78, 5) is 17.7. The number of rotatable bonds is 4. The van der Waals surface area contributed by atoms with E-state index in [4.69, 9.17) is 4.74 Å². The fraction of sp³-hybridized carbons (Fsp3) is 0.952. The summed E-state index contributed by atoms with van der Waals surface area (Å²) in [6.07, 6.45) is 11.3. The van der Waals surface area contributed by atoms with E-state index in [0.717, 1.165) is 63.3 Å². The minimum atomic E-state index is 0.419. The molecule has 25 heavy (non-hydrogen) atoms. The fourth-order valence-corrected chi connectivity index (χ4v) is 5.67. The van der Waals surface area contributed by atoms with Crippen molar-refractivity contribution in [1.29, 1.82) is 0 Å². The summed E-state index contributed by atoms with van der Waals surface area (Å²) >= 11 is 0. The summed E-state index contributed by atoms with van der Waals surface area (Å²) in [5.41, 5.74) is 0. The predicted octanol–water partition coefficient (Wildman–Crippen LogP) is 3.16. The van der Waals surface area contributed by atoms with Crippen LogP contribution in [0.15, 0.2) is 0 Å². The Kier molecular flexibility index (Phi) is 5.97. The van der Waals surface area contributed by atoms with Gasteiger partial charge in [-0.05, 0) is 75.3 Å². The average molecular weight is 349 g/mol. The zero-order valence-corrected chi connectivity index (χ0v) is 15.8. The van der Waals surface area contributed by atoms with Crippen molar-refractivity contribution in [1.82, 2.24) is 9.80 Å². The number of ether oxygens (including phenoxy) is 1. The van der Waals surface area contributed by atoms with Crippen LogP contribution in [-0.4, -0.2) is 61.6 Å². The second kappa shape index (κ2) is 8.39. The van der Waals surface area contributed by atoms with Crippen molar-refractivity contribution in [2.75, 3.05) is 45.9 Å². The van der Waals surface area contributed by atoms with Gasteiger partial charge in [-0.25, -0.2) is 0 Å². The monoisotopic (exact) mass is 348 g/mol. The van der Waals surface area contributed by atoms with Crippen LogP contribution >= 0.6 is 0 Å². The number of fused-ring (bicyclic) bond motifs is 1. The molecule has 0 aromatic rings. The van der Waals surface area contributed by atoms with Crippen molar-refractivity contribution in [2.24, 2.45) is 23.7 Å². The van der Waals surface area contributed by atoms with E-state index in [9.17, 15) is 4.79 Å². The molecule has 1 saturated carbocycles. The van der Waals surface area contributed by atoms with Gasteiger partial charge in [0.05, 0.1) is 0 Å². The number of likely N-dealkylation sites (tertiary alicyclic amines) is 2. The Morgan fingerprint density at radius 3 is 2.12 bits per heavy atom. The lowest BCUT2D eigenvalue weighted by Gasteiger charge is -2.26. The van der Waals surface area contributed by atoms with E-state index in [2.05, 4.69) is 9.80 Å². The third kappa shape index (κ3) is 4.57. The van der Waals surface area contributed by atoms with Crippen molar-refractivity contribution in [2.45, 2.75) is 57.8 Å². The first-order valence-electron chi connectivity index (χ1n) is 10.9. The summed E-state index contributed by atoms with van der Waals surface area (Å²) in [5, 5.41) is 0. The lowest BCUT2D eigenvalue weighted by Crippen LogP contribution is -2.34. The molecular weight excluding hydrogens is 312 g/mol. The first-order valence-corrected chi connectivity index (χ1v) is 10.9. The van der Waals surface area contributed by atoms with Gasteiger partial charge in [0.15, 0.2) is 0 Å². The van der Waals surface area contributed by atoms with Gasteiger partial charge in [-0.1, -0.05) is 12.8 Å². The van der Waals surface area contributed by atoms with E-state index in [0.29, 0.717) is 11.8 Å². The Balaban J connectivity index is 1.23. The van der Waals surface area contributed by atoms with Crippen molar-refractivity contribution in [3.63, 3.8) is 0 Å². The quantitative estimate of drug-likeness (QED) is 0.782. The molecule has 4 nitrogen and oxygen atoms in total. The predicted molar refractivity (Wildman–Crippen MR) is 99.4 cm³/mol. The second-order valence-electron chi connectivity index (χ2n) is 9.11.